The van der Waals surface area contributed by atoms with Gasteiger partial charge in [0.1, 0.15) is 5.82 Å². The molecule has 25 heavy (non-hydrogen) atoms. The molecule has 0 radical (unpaired) electrons. The van der Waals surface area contributed by atoms with E-state index in [0.717, 1.165) is 24.9 Å². The number of amides is 1. The highest BCUT2D eigenvalue weighted by atomic mass is 19.1. The first kappa shape index (κ1) is 19.2. The molecule has 1 saturated carbocycles. The second-order valence-electron chi connectivity index (χ2n) is 6.85. The van der Waals surface area contributed by atoms with Crippen LogP contribution in [0, 0.1) is 5.82 Å². The van der Waals surface area contributed by atoms with Crippen LogP contribution in [0.5, 0.6) is 0 Å². The Hall–Kier alpha value is -2.11. The smallest absolute Gasteiger partial charge is 0.221 e. The van der Waals surface area contributed by atoms with E-state index in [1.165, 1.54) is 6.07 Å². The standard InChI is InChI=1S/C19H29FN4O/c1-4-21-18(22-12-9-17(25)24-14(2)3)23-13-19(10-11-19)15-7-5-6-8-16(15)20/h5-8,14H,4,9-13H2,1-3H3,(H,24,25)(H2,21,22,23). The van der Waals surface area contributed by atoms with Gasteiger partial charge in [-0.05, 0) is 45.2 Å². The van der Waals surface area contributed by atoms with E-state index in [2.05, 4.69) is 20.9 Å². The van der Waals surface area contributed by atoms with Gasteiger partial charge in [0.15, 0.2) is 5.96 Å². The topological polar surface area (TPSA) is 65.5 Å². The van der Waals surface area contributed by atoms with E-state index < -0.39 is 0 Å². The normalized spacial score (nSPS) is 15.8. The van der Waals surface area contributed by atoms with Crippen molar-refractivity contribution in [1.29, 1.82) is 0 Å². The number of hydrogen-bond donors (Lipinski definition) is 3. The Bertz CT molecular complexity index is 611. The van der Waals surface area contributed by atoms with Gasteiger partial charge in [0, 0.05) is 31.0 Å². The maximum atomic E-state index is 14.1. The predicted molar refractivity (Wildman–Crippen MR) is 99.2 cm³/mol. The molecular formula is C19H29FN4O. The zero-order valence-corrected chi connectivity index (χ0v) is 15.4. The Morgan fingerprint density at radius 2 is 2.00 bits per heavy atom. The van der Waals surface area contributed by atoms with Crippen molar-refractivity contribution in [3.8, 4) is 0 Å². The van der Waals surface area contributed by atoms with Crippen molar-refractivity contribution < 1.29 is 9.18 Å². The first-order valence-electron chi connectivity index (χ1n) is 9.03. The summed E-state index contributed by atoms with van der Waals surface area (Å²) in [6.45, 7) is 7.66. The first-order chi connectivity index (χ1) is 12.0. The van der Waals surface area contributed by atoms with E-state index in [1.54, 1.807) is 6.07 Å². The van der Waals surface area contributed by atoms with Gasteiger partial charge in [-0.2, -0.15) is 0 Å². The highest BCUT2D eigenvalue weighted by molar-refractivity contribution is 5.81. The van der Waals surface area contributed by atoms with E-state index >= 15 is 0 Å². The van der Waals surface area contributed by atoms with E-state index in [-0.39, 0.29) is 23.2 Å². The predicted octanol–water partition coefficient (Wildman–Crippen LogP) is 2.33. The number of hydrogen-bond acceptors (Lipinski definition) is 2. The van der Waals surface area contributed by atoms with Crippen molar-refractivity contribution in [2.75, 3.05) is 19.6 Å². The van der Waals surface area contributed by atoms with Crippen LogP contribution in [-0.4, -0.2) is 37.5 Å². The Morgan fingerprint density at radius 3 is 2.60 bits per heavy atom. The van der Waals surface area contributed by atoms with Crippen molar-refractivity contribution in [3.05, 3.63) is 35.6 Å². The highest BCUT2D eigenvalue weighted by Crippen LogP contribution is 2.49. The van der Waals surface area contributed by atoms with Gasteiger partial charge in [0.25, 0.3) is 0 Å². The Balaban J connectivity index is 1.91. The van der Waals surface area contributed by atoms with Gasteiger partial charge in [-0.15, -0.1) is 0 Å². The molecule has 0 spiro atoms. The lowest BCUT2D eigenvalue weighted by molar-refractivity contribution is -0.121. The zero-order chi connectivity index (χ0) is 18.3. The lowest BCUT2D eigenvalue weighted by atomic mass is 9.95. The summed E-state index contributed by atoms with van der Waals surface area (Å²) in [5.74, 6) is 0.532. The average molecular weight is 348 g/mol. The lowest BCUT2D eigenvalue weighted by Crippen LogP contribution is -2.40. The zero-order valence-electron chi connectivity index (χ0n) is 15.4. The number of carbonyl (C=O) groups excluding carboxylic acids is 1. The Kier molecular flexibility index (Phi) is 6.79. The molecule has 6 heteroatoms. The van der Waals surface area contributed by atoms with E-state index in [1.807, 2.05) is 32.9 Å². The van der Waals surface area contributed by atoms with Crippen LogP contribution in [0.25, 0.3) is 0 Å². The van der Waals surface area contributed by atoms with E-state index in [0.29, 0.717) is 25.5 Å². The molecule has 1 aromatic rings. The molecule has 1 aliphatic carbocycles. The molecule has 0 heterocycles. The molecule has 3 N–H and O–H groups in total. The molecule has 0 aromatic heterocycles. The Labute approximate surface area is 149 Å². The second kappa shape index (κ2) is 8.83. The summed E-state index contributed by atoms with van der Waals surface area (Å²) < 4.78 is 14.1. The molecule has 1 aliphatic rings. The number of nitrogens with one attached hydrogen (secondary N) is 3. The number of halogens is 1. The van der Waals surface area contributed by atoms with Crippen LogP contribution in [-0.2, 0) is 10.2 Å². The third kappa shape index (κ3) is 5.73. The van der Waals surface area contributed by atoms with Gasteiger partial charge >= 0.3 is 0 Å². The summed E-state index contributed by atoms with van der Waals surface area (Å²) in [7, 11) is 0. The number of aliphatic imine (C=N–C) groups is 1. The summed E-state index contributed by atoms with van der Waals surface area (Å²) in [5, 5.41) is 9.21. The molecular weight excluding hydrogens is 319 g/mol. The van der Waals surface area contributed by atoms with E-state index in [4.69, 9.17) is 0 Å². The second-order valence-corrected chi connectivity index (χ2v) is 6.85. The van der Waals surface area contributed by atoms with Crippen molar-refractivity contribution >= 4 is 11.9 Å². The summed E-state index contributed by atoms with van der Waals surface area (Å²) >= 11 is 0. The van der Waals surface area contributed by atoms with Gasteiger partial charge in [0.05, 0.1) is 6.54 Å². The van der Waals surface area contributed by atoms with Crippen LogP contribution < -0.4 is 16.0 Å². The van der Waals surface area contributed by atoms with Crippen molar-refractivity contribution in [1.82, 2.24) is 16.0 Å². The molecule has 0 atom stereocenters. The monoisotopic (exact) mass is 348 g/mol. The molecule has 2 rings (SSSR count). The minimum absolute atomic E-state index is 0.0170. The van der Waals surface area contributed by atoms with Crippen LogP contribution in [0.1, 0.15) is 45.6 Å². The molecule has 0 bridgehead atoms. The van der Waals surface area contributed by atoms with Gasteiger partial charge in [0.2, 0.25) is 5.91 Å². The molecule has 1 fully saturated rings. The first-order valence-corrected chi connectivity index (χ1v) is 9.03. The minimum atomic E-state index is -0.178. The number of nitrogens with zero attached hydrogens (tertiary/aromatic N) is 1. The lowest BCUT2D eigenvalue weighted by Gasteiger charge is -2.16. The third-order valence-electron chi connectivity index (χ3n) is 4.28. The number of rotatable bonds is 8. The van der Waals surface area contributed by atoms with Crippen LogP contribution in [0.3, 0.4) is 0 Å². The molecule has 1 aromatic carbocycles. The van der Waals surface area contributed by atoms with E-state index in [9.17, 15) is 9.18 Å². The van der Waals surface area contributed by atoms with Gasteiger partial charge in [-0.25, -0.2) is 4.39 Å². The number of benzene rings is 1. The summed E-state index contributed by atoms with van der Waals surface area (Å²) in [5.41, 5.74) is 0.578. The molecule has 0 aliphatic heterocycles. The van der Waals surface area contributed by atoms with Crippen LogP contribution in [0.4, 0.5) is 4.39 Å². The largest absolute Gasteiger partial charge is 0.357 e. The maximum absolute atomic E-state index is 14.1. The summed E-state index contributed by atoms with van der Waals surface area (Å²) in [4.78, 5) is 16.3. The van der Waals surface area contributed by atoms with Crippen molar-refractivity contribution in [2.24, 2.45) is 4.99 Å². The maximum Gasteiger partial charge on any atom is 0.221 e. The average Bonchev–Trinajstić information content (AvgIpc) is 3.33. The van der Waals surface area contributed by atoms with Gasteiger partial charge in [-0.3, -0.25) is 9.79 Å². The van der Waals surface area contributed by atoms with Gasteiger partial charge in [-0.1, -0.05) is 18.2 Å². The fraction of sp³-hybridized carbons (Fsp3) is 0.579. The van der Waals surface area contributed by atoms with Crippen LogP contribution in [0.15, 0.2) is 29.3 Å². The summed E-state index contributed by atoms with van der Waals surface area (Å²) in [6, 6.07) is 7.10. The van der Waals surface area contributed by atoms with Crippen molar-refractivity contribution in [3.63, 3.8) is 0 Å². The minimum Gasteiger partial charge on any atom is -0.357 e. The molecule has 1 amide bonds. The summed E-state index contributed by atoms with van der Waals surface area (Å²) in [6.07, 6.45) is 2.29. The quantitative estimate of drug-likeness (QED) is 0.499. The number of guanidine groups is 1. The molecule has 5 nitrogen and oxygen atoms in total. The molecule has 0 saturated heterocycles. The Morgan fingerprint density at radius 1 is 1.28 bits per heavy atom. The SMILES string of the molecule is CCNC(=NCC1(c2ccccc2F)CC1)NCCC(=O)NC(C)C. The van der Waals surface area contributed by atoms with Crippen molar-refractivity contribution in [2.45, 2.75) is 51.5 Å². The molecule has 138 valence electrons. The third-order valence-corrected chi connectivity index (χ3v) is 4.28. The van der Waals surface area contributed by atoms with Gasteiger partial charge < -0.3 is 16.0 Å². The number of carbonyl (C=O) groups is 1. The fourth-order valence-electron chi connectivity index (χ4n) is 2.82. The fourth-order valence-corrected chi connectivity index (χ4v) is 2.82. The highest BCUT2D eigenvalue weighted by Gasteiger charge is 2.45. The van der Waals surface area contributed by atoms with Crippen LogP contribution in [0.2, 0.25) is 0 Å². The van der Waals surface area contributed by atoms with Crippen LogP contribution >= 0.6 is 0 Å². The molecule has 0 unspecified atom stereocenters.